The molecule has 4 rings (SSSR count). The average Bonchev–Trinajstić information content (AvgIpc) is 3.52. The van der Waals surface area contributed by atoms with E-state index < -0.39 is 28.2 Å². The minimum atomic E-state index is -4.08. The van der Waals surface area contributed by atoms with Gasteiger partial charge in [0.05, 0.1) is 0 Å². The second-order valence-electron chi connectivity index (χ2n) is 11.5. The number of para-hydroxylation sites is 1. The molecule has 1 aliphatic heterocycles. The highest BCUT2D eigenvalue weighted by Crippen LogP contribution is 2.25. The smallest absolute Gasteiger partial charge is 0.299 e. The van der Waals surface area contributed by atoms with E-state index in [0.29, 0.717) is 48.0 Å². The highest BCUT2D eigenvalue weighted by atomic mass is 35.5. The molecule has 1 saturated heterocycles. The summed E-state index contributed by atoms with van der Waals surface area (Å²) in [6, 6.07) is 20.9. The molecule has 13 heteroatoms. The molecular formula is C33H40ClN5O6S. The van der Waals surface area contributed by atoms with Gasteiger partial charge in [-0.1, -0.05) is 74.0 Å². The van der Waals surface area contributed by atoms with Crippen LogP contribution >= 0.6 is 11.6 Å². The number of nitrogens with one attached hydrogen (secondary N) is 4. The molecule has 246 valence electrons. The van der Waals surface area contributed by atoms with Crippen LogP contribution < -0.4 is 24.8 Å². The van der Waals surface area contributed by atoms with Gasteiger partial charge < -0.3 is 20.3 Å². The number of likely N-dealkylation sites (tertiary alicyclic amines) is 1. The highest BCUT2D eigenvalue weighted by Gasteiger charge is 2.38. The fourth-order valence-corrected chi connectivity index (χ4v) is 6.44. The maximum atomic E-state index is 13.7. The molecule has 1 aliphatic rings. The monoisotopic (exact) mass is 669 g/mol. The van der Waals surface area contributed by atoms with Gasteiger partial charge in [-0.3, -0.25) is 19.1 Å². The highest BCUT2D eigenvalue weighted by molar-refractivity contribution is 7.90. The van der Waals surface area contributed by atoms with Crippen LogP contribution in [0.15, 0.2) is 78.9 Å². The summed E-state index contributed by atoms with van der Waals surface area (Å²) in [5, 5.41) is 6.10. The molecule has 3 amide bonds. The predicted octanol–water partition coefficient (Wildman–Crippen LogP) is 4.00. The van der Waals surface area contributed by atoms with Gasteiger partial charge in [-0.2, -0.15) is 13.1 Å². The number of carbonyl (C=O) groups is 3. The van der Waals surface area contributed by atoms with Crippen molar-refractivity contribution in [2.24, 2.45) is 5.92 Å². The first-order valence-electron chi connectivity index (χ1n) is 15.2. The molecule has 0 aliphatic carbocycles. The van der Waals surface area contributed by atoms with E-state index >= 15 is 0 Å². The molecule has 11 nitrogen and oxygen atoms in total. The number of carbonyl (C=O) groups excluding carboxylic acids is 3. The second kappa shape index (κ2) is 16.4. The Morgan fingerprint density at radius 3 is 2.35 bits per heavy atom. The molecule has 3 aromatic carbocycles. The fourth-order valence-electron chi connectivity index (χ4n) is 5.17. The maximum Gasteiger partial charge on any atom is 0.299 e. The molecule has 2 atom stereocenters. The molecular weight excluding hydrogens is 630 g/mol. The van der Waals surface area contributed by atoms with Gasteiger partial charge in [0.25, 0.3) is 16.1 Å². The third kappa shape index (κ3) is 10.5. The third-order valence-electron chi connectivity index (χ3n) is 7.33. The molecule has 0 bridgehead atoms. The normalized spacial score (nSPS) is 15.3. The first-order valence-corrected chi connectivity index (χ1v) is 17.0. The molecule has 0 aromatic heterocycles. The summed E-state index contributed by atoms with van der Waals surface area (Å²) in [4.78, 5) is 40.9. The van der Waals surface area contributed by atoms with Gasteiger partial charge in [-0.25, -0.2) is 0 Å². The lowest BCUT2D eigenvalue weighted by molar-refractivity contribution is -0.140. The van der Waals surface area contributed by atoms with Crippen molar-refractivity contribution in [2.75, 3.05) is 17.9 Å². The van der Waals surface area contributed by atoms with Crippen molar-refractivity contribution in [3.8, 4) is 5.75 Å². The van der Waals surface area contributed by atoms with E-state index in [1.54, 1.807) is 48.5 Å². The summed E-state index contributed by atoms with van der Waals surface area (Å²) in [5.74, 6) is -0.760. The zero-order chi connectivity index (χ0) is 33.1. The van der Waals surface area contributed by atoms with Gasteiger partial charge in [0.2, 0.25) is 11.8 Å². The van der Waals surface area contributed by atoms with Crippen LogP contribution in [0, 0.1) is 5.92 Å². The number of hydrogen-bond donors (Lipinski definition) is 4. The van der Waals surface area contributed by atoms with Crippen molar-refractivity contribution in [1.82, 2.24) is 20.3 Å². The molecule has 3 aromatic rings. The lowest BCUT2D eigenvalue weighted by atomic mass is 10.0. The Bertz CT molecular complexity index is 1590. The standard InChI is InChI=1S/C33H40ClN5O6S/c1-23(2)18-28(38-46(43,44)37-27-12-7-4-8-13-27)33(42)39-17-9-14-29(39)32(41)36-21-25-19-26(34)15-16-30(25)45-22-31(40)35-20-24-10-5-3-6-11-24/h3-8,10-13,15-16,19,23,28-29,37-38H,9,14,17-18,20-22H2,1-2H3,(H,35,40)(H,36,41)/t28-,29-/m0/s1. The average molecular weight is 670 g/mol. The van der Waals surface area contributed by atoms with Crippen LogP contribution in [0.2, 0.25) is 5.02 Å². The zero-order valence-electron chi connectivity index (χ0n) is 25.9. The number of rotatable bonds is 15. The number of benzene rings is 3. The number of amides is 3. The van der Waals surface area contributed by atoms with E-state index in [1.807, 2.05) is 44.2 Å². The fraction of sp³-hybridized carbons (Fsp3) is 0.364. The van der Waals surface area contributed by atoms with Crippen molar-refractivity contribution in [1.29, 1.82) is 0 Å². The summed E-state index contributed by atoms with van der Waals surface area (Å²) >= 11 is 6.22. The lowest BCUT2D eigenvalue weighted by Gasteiger charge is -2.29. The van der Waals surface area contributed by atoms with Crippen LogP contribution in [-0.2, 0) is 37.7 Å². The Morgan fingerprint density at radius 1 is 0.957 bits per heavy atom. The Morgan fingerprint density at radius 2 is 1.65 bits per heavy atom. The van der Waals surface area contributed by atoms with Crippen molar-refractivity contribution in [3.05, 3.63) is 95.0 Å². The molecule has 1 fully saturated rings. The van der Waals surface area contributed by atoms with Gasteiger partial charge in [0.1, 0.15) is 17.8 Å². The largest absolute Gasteiger partial charge is 0.483 e. The van der Waals surface area contributed by atoms with E-state index in [0.717, 1.165) is 5.56 Å². The van der Waals surface area contributed by atoms with Gasteiger partial charge >= 0.3 is 0 Å². The second-order valence-corrected chi connectivity index (χ2v) is 13.4. The van der Waals surface area contributed by atoms with Gasteiger partial charge in [-0.15, -0.1) is 0 Å². The zero-order valence-corrected chi connectivity index (χ0v) is 27.4. The van der Waals surface area contributed by atoms with Gasteiger partial charge in [0, 0.05) is 35.9 Å². The third-order valence-corrected chi connectivity index (χ3v) is 8.67. The van der Waals surface area contributed by atoms with Crippen molar-refractivity contribution >= 4 is 45.2 Å². The minimum absolute atomic E-state index is 0.00456. The summed E-state index contributed by atoms with van der Waals surface area (Å²) in [5.41, 5.74) is 1.88. The van der Waals surface area contributed by atoms with Crippen LogP contribution in [0.5, 0.6) is 5.75 Å². The molecule has 4 N–H and O–H groups in total. The van der Waals surface area contributed by atoms with Crippen molar-refractivity contribution in [2.45, 2.75) is 58.3 Å². The van der Waals surface area contributed by atoms with Crippen LogP contribution in [0.25, 0.3) is 0 Å². The number of anilines is 1. The molecule has 1 heterocycles. The van der Waals surface area contributed by atoms with Crippen LogP contribution in [-0.4, -0.2) is 56.3 Å². The Hall–Kier alpha value is -4.13. The lowest BCUT2D eigenvalue weighted by Crippen LogP contribution is -2.54. The molecule has 0 radical (unpaired) electrons. The summed E-state index contributed by atoms with van der Waals surface area (Å²) in [6.45, 7) is 4.29. The molecule has 46 heavy (non-hydrogen) atoms. The Balaban J connectivity index is 1.36. The first-order chi connectivity index (χ1) is 22.0. The number of halogens is 1. The molecule has 0 saturated carbocycles. The van der Waals surface area contributed by atoms with E-state index in [2.05, 4.69) is 20.1 Å². The maximum absolute atomic E-state index is 13.7. The van der Waals surface area contributed by atoms with Gasteiger partial charge in [0.15, 0.2) is 6.61 Å². The quantitative estimate of drug-likeness (QED) is 0.192. The number of nitrogens with zero attached hydrogens (tertiary/aromatic N) is 1. The summed E-state index contributed by atoms with van der Waals surface area (Å²) < 4.78 is 36.5. The van der Waals surface area contributed by atoms with Crippen molar-refractivity contribution in [3.63, 3.8) is 0 Å². The van der Waals surface area contributed by atoms with Crippen LogP contribution in [0.1, 0.15) is 44.2 Å². The number of ether oxygens (including phenoxy) is 1. The minimum Gasteiger partial charge on any atom is -0.483 e. The van der Waals surface area contributed by atoms with E-state index in [4.69, 9.17) is 16.3 Å². The SMILES string of the molecule is CC(C)C[C@H](NS(=O)(=O)Nc1ccccc1)C(=O)N1CCC[C@H]1C(=O)NCc1cc(Cl)ccc1OCC(=O)NCc1ccccc1. The topological polar surface area (TPSA) is 146 Å². The van der Waals surface area contributed by atoms with E-state index in [1.165, 1.54) is 4.90 Å². The number of hydrogen-bond acceptors (Lipinski definition) is 6. The Labute approximate surface area is 275 Å². The first kappa shape index (κ1) is 34.7. The summed E-state index contributed by atoms with van der Waals surface area (Å²) in [7, 11) is -4.08. The van der Waals surface area contributed by atoms with Crippen LogP contribution in [0.4, 0.5) is 5.69 Å². The van der Waals surface area contributed by atoms with Gasteiger partial charge in [-0.05, 0) is 61.1 Å². The van der Waals surface area contributed by atoms with E-state index in [9.17, 15) is 22.8 Å². The summed E-state index contributed by atoms with van der Waals surface area (Å²) in [6.07, 6.45) is 1.28. The predicted molar refractivity (Wildman–Crippen MR) is 177 cm³/mol. The molecule has 0 unspecified atom stereocenters. The Kier molecular flexibility index (Phi) is 12.4. The van der Waals surface area contributed by atoms with Crippen LogP contribution in [0.3, 0.4) is 0 Å². The van der Waals surface area contributed by atoms with E-state index in [-0.39, 0.29) is 37.3 Å². The van der Waals surface area contributed by atoms with Crippen molar-refractivity contribution < 1.29 is 27.5 Å². The molecule has 0 spiro atoms.